The summed E-state index contributed by atoms with van der Waals surface area (Å²) in [6, 6.07) is 11.5. The van der Waals surface area contributed by atoms with Gasteiger partial charge in [0, 0.05) is 17.1 Å². The lowest BCUT2D eigenvalue weighted by atomic mass is 9.92. The highest BCUT2D eigenvalue weighted by Gasteiger charge is 2.50. The molecule has 4 rings (SSSR count). The summed E-state index contributed by atoms with van der Waals surface area (Å²) in [7, 11) is 0. The summed E-state index contributed by atoms with van der Waals surface area (Å²) in [6.45, 7) is 1.57. The highest BCUT2D eigenvalue weighted by atomic mass is 35.5. The van der Waals surface area contributed by atoms with Crippen molar-refractivity contribution in [3.05, 3.63) is 58.6 Å². The van der Waals surface area contributed by atoms with E-state index in [1.165, 1.54) is 0 Å². The zero-order valence-corrected chi connectivity index (χ0v) is 16.3. The highest BCUT2D eigenvalue weighted by Crippen LogP contribution is 2.34. The van der Waals surface area contributed by atoms with Gasteiger partial charge in [-0.15, -0.1) is 0 Å². The van der Waals surface area contributed by atoms with Gasteiger partial charge in [-0.25, -0.2) is 4.79 Å². The van der Waals surface area contributed by atoms with Crippen LogP contribution in [0.15, 0.2) is 42.5 Å². The van der Waals surface area contributed by atoms with Crippen LogP contribution in [0.25, 0.3) is 0 Å². The minimum absolute atomic E-state index is 0.168. The predicted octanol–water partition coefficient (Wildman–Crippen LogP) is 2.15. The number of carbonyl (C=O) groups is 3. The van der Waals surface area contributed by atoms with E-state index in [0.717, 1.165) is 10.5 Å². The van der Waals surface area contributed by atoms with Crippen LogP contribution in [0.4, 0.5) is 4.79 Å². The number of hydrogen-bond donors (Lipinski definition) is 2. The third-order valence-electron chi connectivity index (χ3n) is 4.92. The van der Waals surface area contributed by atoms with Crippen LogP contribution in [-0.2, 0) is 21.7 Å². The first kappa shape index (κ1) is 19.1. The molecule has 0 aliphatic carbocycles. The quantitative estimate of drug-likeness (QED) is 0.729. The largest absolute Gasteiger partial charge is 0.454 e. The molecule has 0 saturated carbocycles. The van der Waals surface area contributed by atoms with Gasteiger partial charge in [-0.2, -0.15) is 0 Å². The minimum atomic E-state index is -1.33. The predicted molar refractivity (Wildman–Crippen MR) is 103 cm³/mol. The Hall–Kier alpha value is -3.26. The molecule has 2 aromatic rings. The number of nitrogens with zero attached hydrogens (tertiary/aromatic N) is 1. The molecule has 2 N–H and O–H groups in total. The number of benzene rings is 2. The topological polar surface area (TPSA) is 97.0 Å². The lowest BCUT2D eigenvalue weighted by Crippen LogP contribution is -2.43. The molecule has 0 spiro atoms. The molecule has 1 atom stereocenters. The maximum Gasteiger partial charge on any atom is 0.325 e. The molecule has 2 aliphatic heterocycles. The SMILES string of the molecule is C[C@@]1(c2ccccc2Cl)NC(=O)N(CC(=O)NCc2ccc3c(c2)OCO3)C1=O. The average Bonchev–Trinajstić information content (AvgIpc) is 3.25. The molecule has 0 unspecified atom stereocenters. The second-order valence-corrected chi connectivity index (χ2v) is 7.30. The molecule has 0 bridgehead atoms. The fourth-order valence-electron chi connectivity index (χ4n) is 3.34. The van der Waals surface area contributed by atoms with Crippen LogP contribution in [-0.4, -0.2) is 36.1 Å². The Kier molecular flexibility index (Phi) is 4.79. The Bertz CT molecular complexity index is 1010. The van der Waals surface area contributed by atoms with E-state index in [4.69, 9.17) is 21.1 Å². The third-order valence-corrected chi connectivity index (χ3v) is 5.25. The van der Waals surface area contributed by atoms with Crippen molar-refractivity contribution in [1.82, 2.24) is 15.5 Å². The van der Waals surface area contributed by atoms with Crippen LogP contribution >= 0.6 is 11.6 Å². The van der Waals surface area contributed by atoms with Crippen molar-refractivity contribution in [2.45, 2.75) is 19.0 Å². The van der Waals surface area contributed by atoms with Crippen LogP contribution in [0.2, 0.25) is 5.02 Å². The normalized spacial score (nSPS) is 20.0. The number of ether oxygens (including phenoxy) is 2. The molecule has 0 radical (unpaired) electrons. The van der Waals surface area contributed by atoms with Crippen molar-refractivity contribution in [3.8, 4) is 11.5 Å². The number of rotatable bonds is 5. The maximum atomic E-state index is 12.9. The second-order valence-electron chi connectivity index (χ2n) is 6.89. The van der Waals surface area contributed by atoms with Crippen LogP contribution in [0.5, 0.6) is 11.5 Å². The Morgan fingerprint density at radius 1 is 1.21 bits per heavy atom. The smallest absolute Gasteiger partial charge is 0.325 e. The van der Waals surface area contributed by atoms with E-state index in [-0.39, 0.29) is 13.3 Å². The standard InChI is InChI=1S/C20H18ClN3O5/c1-20(13-4-2-3-5-14(13)21)18(26)24(19(27)23-20)10-17(25)22-9-12-6-7-15-16(8-12)29-11-28-15/h2-8H,9-11H2,1H3,(H,22,25)(H,23,27)/t20-/m0/s1. The van der Waals surface area contributed by atoms with Crippen molar-refractivity contribution < 1.29 is 23.9 Å². The molecule has 0 aromatic heterocycles. The molecular weight excluding hydrogens is 398 g/mol. The van der Waals surface area contributed by atoms with Crippen LogP contribution in [0.3, 0.4) is 0 Å². The molecule has 2 heterocycles. The lowest BCUT2D eigenvalue weighted by molar-refractivity contribution is -0.134. The van der Waals surface area contributed by atoms with Gasteiger partial charge < -0.3 is 20.1 Å². The van der Waals surface area contributed by atoms with Crippen molar-refractivity contribution in [2.24, 2.45) is 0 Å². The fraction of sp³-hybridized carbons (Fsp3) is 0.250. The first-order chi connectivity index (χ1) is 13.9. The number of halogens is 1. The maximum absolute atomic E-state index is 12.9. The zero-order chi connectivity index (χ0) is 20.6. The Morgan fingerprint density at radius 2 is 1.97 bits per heavy atom. The molecule has 1 fully saturated rings. The van der Waals surface area contributed by atoms with Gasteiger partial charge in [-0.3, -0.25) is 14.5 Å². The van der Waals surface area contributed by atoms with Crippen molar-refractivity contribution in [1.29, 1.82) is 0 Å². The van der Waals surface area contributed by atoms with Gasteiger partial charge >= 0.3 is 6.03 Å². The lowest BCUT2D eigenvalue weighted by Gasteiger charge is -2.23. The molecule has 4 amide bonds. The molecule has 29 heavy (non-hydrogen) atoms. The number of nitrogens with one attached hydrogen (secondary N) is 2. The number of amides is 4. The molecule has 9 heteroatoms. The average molecular weight is 416 g/mol. The molecule has 8 nitrogen and oxygen atoms in total. The summed E-state index contributed by atoms with van der Waals surface area (Å²) < 4.78 is 10.6. The molecule has 150 valence electrons. The molecule has 2 aromatic carbocycles. The van der Waals surface area contributed by atoms with Crippen LogP contribution < -0.4 is 20.1 Å². The molecule has 1 saturated heterocycles. The van der Waals surface area contributed by atoms with Crippen molar-refractivity contribution in [3.63, 3.8) is 0 Å². The van der Waals surface area contributed by atoms with Crippen molar-refractivity contribution >= 4 is 29.4 Å². The zero-order valence-electron chi connectivity index (χ0n) is 15.5. The van der Waals surface area contributed by atoms with E-state index in [9.17, 15) is 14.4 Å². The molecular formula is C20H18ClN3O5. The molecule has 2 aliphatic rings. The van der Waals surface area contributed by atoms with E-state index in [1.807, 2.05) is 0 Å². The summed E-state index contributed by atoms with van der Waals surface area (Å²) in [4.78, 5) is 38.5. The third kappa shape index (κ3) is 3.47. The highest BCUT2D eigenvalue weighted by molar-refractivity contribution is 6.32. The Morgan fingerprint density at radius 3 is 2.76 bits per heavy atom. The first-order valence-corrected chi connectivity index (χ1v) is 9.30. The van der Waals surface area contributed by atoms with Gasteiger partial charge in [0.2, 0.25) is 12.7 Å². The van der Waals surface area contributed by atoms with Gasteiger partial charge in [0.1, 0.15) is 12.1 Å². The van der Waals surface area contributed by atoms with Gasteiger partial charge in [0.15, 0.2) is 11.5 Å². The van der Waals surface area contributed by atoms with E-state index in [0.29, 0.717) is 22.1 Å². The first-order valence-electron chi connectivity index (χ1n) is 8.93. The van der Waals surface area contributed by atoms with Gasteiger partial charge in [-0.1, -0.05) is 35.9 Å². The fourth-order valence-corrected chi connectivity index (χ4v) is 3.67. The summed E-state index contributed by atoms with van der Waals surface area (Å²) in [6.07, 6.45) is 0. The van der Waals surface area contributed by atoms with E-state index in [1.54, 1.807) is 49.4 Å². The minimum Gasteiger partial charge on any atom is -0.454 e. The monoisotopic (exact) mass is 415 g/mol. The summed E-state index contributed by atoms with van der Waals surface area (Å²) in [5, 5.41) is 5.70. The Balaban J connectivity index is 1.41. The summed E-state index contributed by atoms with van der Waals surface area (Å²) in [5.41, 5.74) is -0.0449. The van der Waals surface area contributed by atoms with E-state index >= 15 is 0 Å². The van der Waals surface area contributed by atoms with E-state index in [2.05, 4.69) is 10.6 Å². The van der Waals surface area contributed by atoms with Gasteiger partial charge in [-0.05, 0) is 30.7 Å². The number of fused-ring (bicyclic) bond motifs is 1. The van der Waals surface area contributed by atoms with Gasteiger partial charge in [0.05, 0.1) is 0 Å². The van der Waals surface area contributed by atoms with Crippen molar-refractivity contribution in [2.75, 3.05) is 13.3 Å². The number of carbonyl (C=O) groups excluding carboxylic acids is 3. The number of urea groups is 1. The van der Waals surface area contributed by atoms with E-state index < -0.39 is 29.9 Å². The second kappa shape index (κ2) is 7.29. The number of hydrogen-bond acceptors (Lipinski definition) is 5. The van der Waals surface area contributed by atoms with Crippen LogP contribution in [0, 0.1) is 0 Å². The number of imide groups is 1. The van der Waals surface area contributed by atoms with Gasteiger partial charge in [0.25, 0.3) is 5.91 Å². The Labute approximate surface area is 171 Å². The summed E-state index contributed by atoms with van der Waals surface area (Å²) in [5.74, 6) is 0.267. The summed E-state index contributed by atoms with van der Waals surface area (Å²) >= 11 is 6.20. The van der Waals surface area contributed by atoms with Crippen LogP contribution in [0.1, 0.15) is 18.1 Å².